The molecule has 1 aliphatic heterocycles. The lowest BCUT2D eigenvalue weighted by molar-refractivity contribution is -0.129. The van der Waals surface area contributed by atoms with Crippen LogP contribution in [0.4, 0.5) is 0 Å². The van der Waals surface area contributed by atoms with Crippen LogP contribution < -0.4 is 5.32 Å². The van der Waals surface area contributed by atoms with Crippen molar-refractivity contribution < 1.29 is 14.3 Å². The average molecular weight is 332 g/mol. The number of carbonyl (C=O) groups excluding carboxylic acids is 2. The Morgan fingerprint density at radius 1 is 1.25 bits per heavy atom. The molecule has 0 saturated carbocycles. The van der Waals surface area contributed by atoms with Crippen LogP contribution in [0.1, 0.15) is 38.2 Å². The molecule has 1 aliphatic rings. The van der Waals surface area contributed by atoms with Crippen LogP contribution in [0.5, 0.6) is 0 Å². The summed E-state index contributed by atoms with van der Waals surface area (Å²) in [6.07, 6.45) is 4.43. The quantitative estimate of drug-likeness (QED) is 0.754. The first-order valence-corrected chi connectivity index (χ1v) is 8.83. The second kappa shape index (κ2) is 10.1. The topological polar surface area (TPSA) is 58.6 Å². The monoisotopic (exact) mass is 332 g/mol. The maximum absolute atomic E-state index is 11.9. The zero-order chi connectivity index (χ0) is 17.2. The summed E-state index contributed by atoms with van der Waals surface area (Å²) in [5.41, 5.74) is 1.27. The standard InChI is InChI=1S/C19H28N2O3/c1-16(22)21(12-5-9-17-7-3-2-4-8-17)13-11-19(23)20-15-18-10-6-14-24-18/h2-4,7-8,18H,5-6,9-15H2,1H3,(H,20,23). The van der Waals surface area contributed by atoms with Crippen molar-refractivity contribution in [1.29, 1.82) is 0 Å². The van der Waals surface area contributed by atoms with Crippen LogP contribution in [0.25, 0.3) is 0 Å². The van der Waals surface area contributed by atoms with Crippen LogP contribution in [0, 0.1) is 0 Å². The van der Waals surface area contributed by atoms with E-state index in [1.54, 1.807) is 11.8 Å². The van der Waals surface area contributed by atoms with Gasteiger partial charge in [0.2, 0.25) is 11.8 Å². The van der Waals surface area contributed by atoms with E-state index in [4.69, 9.17) is 4.74 Å². The van der Waals surface area contributed by atoms with E-state index in [1.165, 1.54) is 5.56 Å². The number of rotatable bonds is 9. The minimum absolute atomic E-state index is 0.0141. The third kappa shape index (κ3) is 6.71. The minimum atomic E-state index is -0.0141. The largest absolute Gasteiger partial charge is 0.376 e. The number of hydrogen-bond acceptors (Lipinski definition) is 3. The van der Waals surface area contributed by atoms with Gasteiger partial charge < -0.3 is 15.0 Å². The van der Waals surface area contributed by atoms with Gasteiger partial charge >= 0.3 is 0 Å². The summed E-state index contributed by atoms with van der Waals surface area (Å²) in [6.45, 7) is 4.09. The molecular weight excluding hydrogens is 304 g/mol. The molecule has 1 atom stereocenters. The Balaban J connectivity index is 1.64. The van der Waals surface area contributed by atoms with Crippen LogP contribution in [-0.4, -0.2) is 49.1 Å². The summed E-state index contributed by atoms with van der Waals surface area (Å²) in [7, 11) is 0. The number of aryl methyl sites for hydroxylation is 1. The second-order valence-electron chi connectivity index (χ2n) is 6.28. The zero-order valence-corrected chi connectivity index (χ0v) is 14.5. The van der Waals surface area contributed by atoms with Gasteiger partial charge in [-0.05, 0) is 31.2 Å². The predicted octanol–water partition coefficient (Wildman–Crippen LogP) is 2.15. The summed E-state index contributed by atoms with van der Waals surface area (Å²) in [5.74, 6) is 0.00907. The Morgan fingerprint density at radius 2 is 2.04 bits per heavy atom. The lowest BCUT2D eigenvalue weighted by Crippen LogP contribution is -2.36. The number of benzene rings is 1. The molecule has 24 heavy (non-hydrogen) atoms. The third-order valence-electron chi connectivity index (χ3n) is 4.34. The van der Waals surface area contributed by atoms with Crippen LogP contribution in [0.2, 0.25) is 0 Å². The number of amides is 2. The van der Waals surface area contributed by atoms with E-state index in [9.17, 15) is 9.59 Å². The fourth-order valence-electron chi connectivity index (χ4n) is 2.90. The second-order valence-corrected chi connectivity index (χ2v) is 6.28. The molecule has 1 heterocycles. The van der Waals surface area contributed by atoms with E-state index in [0.29, 0.717) is 26.1 Å². The van der Waals surface area contributed by atoms with E-state index < -0.39 is 0 Å². The molecule has 0 spiro atoms. The number of ether oxygens (including phenoxy) is 1. The molecule has 1 fully saturated rings. The highest BCUT2D eigenvalue weighted by atomic mass is 16.5. The van der Waals surface area contributed by atoms with Gasteiger partial charge in [-0.15, -0.1) is 0 Å². The normalized spacial score (nSPS) is 16.8. The highest BCUT2D eigenvalue weighted by molar-refractivity contribution is 5.78. The van der Waals surface area contributed by atoms with Gasteiger partial charge in [-0.1, -0.05) is 30.3 Å². The molecular formula is C19H28N2O3. The van der Waals surface area contributed by atoms with Gasteiger partial charge in [0.25, 0.3) is 0 Å². The first-order valence-electron chi connectivity index (χ1n) is 8.83. The lowest BCUT2D eigenvalue weighted by Gasteiger charge is -2.21. The van der Waals surface area contributed by atoms with Crippen molar-refractivity contribution in [3.63, 3.8) is 0 Å². The SMILES string of the molecule is CC(=O)N(CCCc1ccccc1)CCC(=O)NCC1CCCO1. The Labute approximate surface area is 144 Å². The van der Waals surface area contributed by atoms with Gasteiger partial charge in [0.05, 0.1) is 6.10 Å². The Morgan fingerprint density at radius 3 is 2.71 bits per heavy atom. The zero-order valence-electron chi connectivity index (χ0n) is 14.5. The molecule has 0 aliphatic carbocycles. The molecule has 1 aromatic carbocycles. The van der Waals surface area contributed by atoms with E-state index in [2.05, 4.69) is 17.4 Å². The Bertz CT molecular complexity index is 513. The first-order chi connectivity index (χ1) is 11.6. The van der Waals surface area contributed by atoms with Crippen molar-refractivity contribution in [3.8, 4) is 0 Å². The van der Waals surface area contributed by atoms with E-state index in [-0.39, 0.29) is 17.9 Å². The maximum atomic E-state index is 11.9. The molecule has 5 nitrogen and oxygen atoms in total. The summed E-state index contributed by atoms with van der Waals surface area (Å²) in [6, 6.07) is 10.2. The van der Waals surface area contributed by atoms with Crippen molar-refractivity contribution in [3.05, 3.63) is 35.9 Å². The average Bonchev–Trinajstić information content (AvgIpc) is 3.10. The molecule has 0 bridgehead atoms. The van der Waals surface area contributed by atoms with Gasteiger partial charge in [0.1, 0.15) is 0 Å². The third-order valence-corrected chi connectivity index (χ3v) is 4.34. The molecule has 2 rings (SSSR count). The Kier molecular flexibility index (Phi) is 7.75. The molecule has 1 aromatic rings. The molecule has 1 N–H and O–H groups in total. The van der Waals surface area contributed by atoms with Crippen molar-refractivity contribution >= 4 is 11.8 Å². The highest BCUT2D eigenvalue weighted by Crippen LogP contribution is 2.10. The fourth-order valence-corrected chi connectivity index (χ4v) is 2.90. The molecule has 1 unspecified atom stereocenters. The highest BCUT2D eigenvalue weighted by Gasteiger charge is 2.16. The molecule has 0 aromatic heterocycles. The Hall–Kier alpha value is -1.88. The van der Waals surface area contributed by atoms with E-state index in [0.717, 1.165) is 32.3 Å². The summed E-state index contributed by atoms with van der Waals surface area (Å²) < 4.78 is 5.48. The van der Waals surface area contributed by atoms with Gasteiger partial charge in [-0.3, -0.25) is 9.59 Å². The van der Waals surface area contributed by atoms with Crippen molar-refractivity contribution in [2.75, 3.05) is 26.2 Å². The smallest absolute Gasteiger partial charge is 0.221 e. The summed E-state index contributed by atoms with van der Waals surface area (Å²) in [4.78, 5) is 25.4. The van der Waals surface area contributed by atoms with Crippen LogP contribution in [-0.2, 0) is 20.7 Å². The van der Waals surface area contributed by atoms with E-state index in [1.807, 2.05) is 18.2 Å². The fraction of sp³-hybridized carbons (Fsp3) is 0.579. The number of hydrogen-bond donors (Lipinski definition) is 1. The number of carbonyl (C=O) groups is 2. The molecule has 1 saturated heterocycles. The summed E-state index contributed by atoms with van der Waals surface area (Å²) in [5, 5.41) is 2.90. The number of nitrogens with one attached hydrogen (secondary N) is 1. The first kappa shape index (κ1) is 18.5. The van der Waals surface area contributed by atoms with Crippen molar-refractivity contribution in [2.45, 2.75) is 45.1 Å². The van der Waals surface area contributed by atoms with Gasteiger partial charge in [0, 0.05) is 39.6 Å². The number of nitrogens with zero attached hydrogens (tertiary/aromatic N) is 1. The van der Waals surface area contributed by atoms with Gasteiger partial charge in [-0.2, -0.15) is 0 Å². The summed E-state index contributed by atoms with van der Waals surface area (Å²) >= 11 is 0. The van der Waals surface area contributed by atoms with Gasteiger partial charge in [0.15, 0.2) is 0 Å². The predicted molar refractivity (Wildman–Crippen MR) is 93.6 cm³/mol. The molecule has 132 valence electrons. The van der Waals surface area contributed by atoms with Crippen molar-refractivity contribution in [2.24, 2.45) is 0 Å². The van der Waals surface area contributed by atoms with Crippen molar-refractivity contribution in [1.82, 2.24) is 10.2 Å². The maximum Gasteiger partial charge on any atom is 0.221 e. The molecule has 5 heteroatoms. The minimum Gasteiger partial charge on any atom is -0.376 e. The van der Waals surface area contributed by atoms with Crippen LogP contribution >= 0.6 is 0 Å². The van der Waals surface area contributed by atoms with E-state index >= 15 is 0 Å². The van der Waals surface area contributed by atoms with Crippen LogP contribution in [0.3, 0.4) is 0 Å². The van der Waals surface area contributed by atoms with Gasteiger partial charge in [-0.25, -0.2) is 0 Å². The molecule has 2 amide bonds. The van der Waals surface area contributed by atoms with Crippen LogP contribution in [0.15, 0.2) is 30.3 Å². The molecule has 0 radical (unpaired) electrons. The lowest BCUT2D eigenvalue weighted by atomic mass is 10.1.